The van der Waals surface area contributed by atoms with Crippen LogP contribution in [0.5, 0.6) is 0 Å². The van der Waals surface area contributed by atoms with Crippen LogP contribution in [0.15, 0.2) is 46.5 Å². The highest BCUT2D eigenvalue weighted by Gasteiger charge is 2.30. The molecule has 1 unspecified atom stereocenters. The summed E-state index contributed by atoms with van der Waals surface area (Å²) < 4.78 is 5.00. The van der Waals surface area contributed by atoms with E-state index in [1.54, 1.807) is 12.1 Å². The van der Waals surface area contributed by atoms with Gasteiger partial charge in [0.05, 0.1) is 6.26 Å². The van der Waals surface area contributed by atoms with Crippen molar-refractivity contribution in [3.63, 3.8) is 0 Å². The first-order valence-corrected chi connectivity index (χ1v) is 4.07. The second-order valence-corrected chi connectivity index (χ2v) is 2.95. The molecule has 0 aliphatic heterocycles. The van der Waals surface area contributed by atoms with Crippen LogP contribution >= 0.6 is 0 Å². The molecule has 1 aliphatic carbocycles. The van der Waals surface area contributed by atoms with Crippen molar-refractivity contribution in [3.05, 3.63) is 47.8 Å². The Morgan fingerprint density at radius 1 is 1.29 bits per heavy atom. The molecule has 72 valence electrons. The first kappa shape index (κ1) is 8.62. The highest BCUT2D eigenvalue weighted by Crippen LogP contribution is 2.29. The Morgan fingerprint density at radius 2 is 2.07 bits per heavy atom. The second-order valence-electron chi connectivity index (χ2n) is 2.95. The maximum Gasteiger partial charge on any atom is 0.174 e. The standard InChI is InChI=1S/C10H8O4/c11-6-3-4-7(12)10(13)9(6)8-2-1-5-14-8/h1-5,9,12-13H. The lowest BCUT2D eigenvalue weighted by atomic mass is 9.94. The molecule has 0 amide bonds. The molecule has 0 spiro atoms. The van der Waals surface area contributed by atoms with Gasteiger partial charge in [-0.3, -0.25) is 4.79 Å². The zero-order chi connectivity index (χ0) is 10.1. The molecule has 4 nitrogen and oxygen atoms in total. The average Bonchev–Trinajstić information content (AvgIpc) is 2.65. The molecule has 1 aromatic heterocycles. The van der Waals surface area contributed by atoms with E-state index in [0.717, 1.165) is 6.08 Å². The van der Waals surface area contributed by atoms with Crippen molar-refractivity contribution in [2.24, 2.45) is 0 Å². The van der Waals surface area contributed by atoms with E-state index < -0.39 is 5.92 Å². The van der Waals surface area contributed by atoms with Crippen molar-refractivity contribution >= 4 is 5.78 Å². The Labute approximate surface area is 79.8 Å². The summed E-state index contributed by atoms with van der Waals surface area (Å²) in [5.74, 6) is -1.56. The average molecular weight is 192 g/mol. The minimum Gasteiger partial charge on any atom is -0.507 e. The van der Waals surface area contributed by atoms with Gasteiger partial charge in [-0.2, -0.15) is 0 Å². The summed E-state index contributed by atoms with van der Waals surface area (Å²) in [6.07, 6.45) is 3.78. The number of allylic oxidation sites excluding steroid dienone is 3. The Bertz CT molecular complexity index is 411. The largest absolute Gasteiger partial charge is 0.507 e. The first-order valence-electron chi connectivity index (χ1n) is 4.07. The van der Waals surface area contributed by atoms with Crippen LogP contribution in [0.4, 0.5) is 0 Å². The normalized spacial score (nSPS) is 21.7. The van der Waals surface area contributed by atoms with E-state index in [2.05, 4.69) is 0 Å². The van der Waals surface area contributed by atoms with Gasteiger partial charge in [-0.15, -0.1) is 0 Å². The number of hydrogen-bond acceptors (Lipinski definition) is 4. The highest BCUT2D eigenvalue weighted by atomic mass is 16.3. The third-order valence-corrected chi connectivity index (χ3v) is 2.05. The van der Waals surface area contributed by atoms with Gasteiger partial charge in [0, 0.05) is 0 Å². The van der Waals surface area contributed by atoms with Gasteiger partial charge in [-0.05, 0) is 24.3 Å². The van der Waals surface area contributed by atoms with Gasteiger partial charge >= 0.3 is 0 Å². The monoisotopic (exact) mass is 192 g/mol. The van der Waals surface area contributed by atoms with Crippen LogP contribution in [0.2, 0.25) is 0 Å². The Balaban J connectivity index is 2.45. The van der Waals surface area contributed by atoms with Crippen molar-refractivity contribution in [1.82, 2.24) is 0 Å². The molecule has 0 fully saturated rings. The third kappa shape index (κ3) is 1.21. The molecular weight excluding hydrogens is 184 g/mol. The van der Waals surface area contributed by atoms with Crippen molar-refractivity contribution in [2.45, 2.75) is 5.92 Å². The van der Waals surface area contributed by atoms with Crippen molar-refractivity contribution < 1.29 is 19.4 Å². The molecule has 1 aliphatic rings. The second kappa shape index (κ2) is 3.06. The molecular formula is C10H8O4. The van der Waals surface area contributed by atoms with Crippen LogP contribution in [0.1, 0.15) is 11.7 Å². The van der Waals surface area contributed by atoms with Gasteiger partial charge < -0.3 is 14.6 Å². The lowest BCUT2D eigenvalue weighted by Gasteiger charge is -2.14. The number of carbonyl (C=O) groups is 1. The number of carbonyl (C=O) groups excluding carboxylic acids is 1. The molecule has 1 aromatic rings. The van der Waals surface area contributed by atoms with E-state index in [-0.39, 0.29) is 17.3 Å². The number of furan rings is 1. The van der Waals surface area contributed by atoms with Gasteiger partial charge in [-0.25, -0.2) is 0 Å². The molecule has 0 saturated carbocycles. The summed E-state index contributed by atoms with van der Waals surface area (Å²) in [6, 6.07) is 3.19. The fourth-order valence-electron chi connectivity index (χ4n) is 1.36. The predicted octanol–water partition coefficient (Wildman–Crippen LogP) is 1.83. The zero-order valence-corrected chi connectivity index (χ0v) is 7.18. The van der Waals surface area contributed by atoms with Gasteiger partial charge in [0.15, 0.2) is 17.3 Å². The van der Waals surface area contributed by atoms with Crippen LogP contribution in [0, 0.1) is 0 Å². The highest BCUT2D eigenvalue weighted by molar-refractivity contribution is 5.98. The number of hydrogen-bond donors (Lipinski definition) is 2. The van der Waals surface area contributed by atoms with Gasteiger partial charge in [0.25, 0.3) is 0 Å². The van der Waals surface area contributed by atoms with Gasteiger partial charge in [0.1, 0.15) is 11.7 Å². The molecule has 0 saturated heterocycles. The molecule has 0 radical (unpaired) electrons. The maximum atomic E-state index is 11.4. The number of aliphatic hydroxyl groups is 2. The number of aliphatic hydroxyl groups excluding tert-OH is 2. The number of ketones is 1. The molecule has 0 bridgehead atoms. The quantitative estimate of drug-likeness (QED) is 0.712. The third-order valence-electron chi connectivity index (χ3n) is 2.05. The first-order chi connectivity index (χ1) is 6.70. The van der Waals surface area contributed by atoms with Crippen LogP contribution < -0.4 is 0 Å². The molecule has 1 heterocycles. The minimum atomic E-state index is -0.907. The zero-order valence-electron chi connectivity index (χ0n) is 7.18. The Hall–Kier alpha value is -1.97. The van der Waals surface area contributed by atoms with Crippen molar-refractivity contribution in [2.75, 3.05) is 0 Å². The Kier molecular flexibility index (Phi) is 1.89. The van der Waals surface area contributed by atoms with E-state index in [1.807, 2.05) is 0 Å². The van der Waals surface area contributed by atoms with Crippen LogP contribution in [0.3, 0.4) is 0 Å². The van der Waals surface area contributed by atoms with E-state index in [4.69, 9.17) is 4.42 Å². The summed E-state index contributed by atoms with van der Waals surface area (Å²) in [5, 5.41) is 18.7. The van der Waals surface area contributed by atoms with Crippen LogP contribution in [-0.4, -0.2) is 16.0 Å². The van der Waals surface area contributed by atoms with Crippen molar-refractivity contribution in [3.8, 4) is 0 Å². The molecule has 4 heteroatoms. The lowest BCUT2D eigenvalue weighted by molar-refractivity contribution is -0.116. The molecule has 1 atom stereocenters. The van der Waals surface area contributed by atoms with Crippen LogP contribution in [-0.2, 0) is 4.79 Å². The topological polar surface area (TPSA) is 70.7 Å². The summed E-state index contributed by atoms with van der Waals surface area (Å²) >= 11 is 0. The van der Waals surface area contributed by atoms with E-state index in [9.17, 15) is 15.0 Å². The molecule has 2 rings (SSSR count). The maximum absolute atomic E-state index is 11.4. The summed E-state index contributed by atoms with van der Waals surface area (Å²) in [5.41, 5.74) is 0. The molecule has 0 aromatic carbocycles. The Morgan fingerprint density at radius 3 is 2.71 bits per heavy atom. The van der Waals surface area contributed by atoms with Gasteiger partial charge in [-0.1, -0.05) is 0 Å². The van der Waals surface area contributed by atoms with E-state index in [1.165, 1.54) is 12.3 Å². The lowest BCUT2D eigenvalue weighted by Crippen LogP contribution is -2.16. The summed E-state index contributed by atoms with van der Waals surface area (Å²) in [7, 11) is 0. The van der Waals surface area contributed by atoms with Crippen molar-refractivity contribution in [1.29, 1.82) is 0 Å². The fourth-order valence-corrected chi connectivity index (χ4v) is 1.36. The summed E-state index contributed by atoms with van der Waals surface area (Å²) in [4.78, 5) is 11.4. The number of rotatable bonds is 1. The summed E-state index contributed by atoms with van der Waals surface area (Å²) in [6.45, 7) is 0. The van der Waals surface area contributed by atoms with Gasteiger partial charge in [0.2, 0.25) is 0 Å². The molecule has 2 N–H and O–H groups in total. The minimum absolute atomic E-state index is 0.300. The van der Waals surface area contributed by atoms with E-state index >= 15 is 0 Å². The van der Waals surface area contributed by atoms with E-state index in [0.29, 0.717) is 5.76 Å². The SMILES string of the molecule is O=C1C=CC(O)=C(O)C1c1ccco1. The van der Waals surface area contributed by atoms with Crippen LogP contribution in [0.25, 0.3) is 0 Å². The smallest absolute Gasteiger partial charge is 0.174 e. The predicted molar refractivity (Wildman–Crippen MR) is 47.9 cm³/mol. The fraction of sp³-hybridized carbons (Fsp3) is 0.100. The molecule has 14 heavy (non-hydrogen) atoms.